The fraction of sp³-hybridized carbons (Fsp3) is 0.875. The molecule has 0 aromatic carbocycles. The highest BCUT2D eigenvalue weighted by Gasteiger charge is 2.04. The molecule has 3 nitrogen and oxygen atoms in total. The summed E-state index contributed by atoms with van der Waals surface area (Å²) in [5.74, 6) is -0.150. The fourth-order valence-corrected chi connectivity index (χ4v) is 3.20. The first-order valence-corrected chi connectivity index (χ1v) is 11.6. The number of nitrogens with zero attached hydrogens (tertiary/aromatic N) is 1. The lowest BCUT2D eigenvalue weighted by molar-refractivity contribution is -0.139. The Morgan fingerprint density at radius 3 is 1.67 bits per heavy atom. The zero-order valence-electron chi connectivity index (χ0n) is 18.9. The minimum absolute atomic E-state index is 0.150. The van der Waals surface area contributed by atoms with Gasteiger partial charge in [0.25, 0.3) is 0 Å². The van der Waals surface area contributed by atoms with Gasteiger partial charge >= 0.3 is 5.97 Å². The molecule has 0 aromatic rings. The number of hydrogen-bond donors (Lipinski definition) is 0. The molecule has 3 heteroatoms. The molecular weight excluding hydrogens is 334 g/mol. The summed E-state index contributed by atoms with van der Waals surface area (Å²) in [5.41, 5.74) is 0.738. The van der Waals surface area contributed by atoms with Crippen molar-refractivity contribution in [2.75, 3.05) is 27.2 Å². The Balaban J connectivity index is 3.31. The Hall–Kier alpha value is -0.830. The number of rotatable bonds is 19. The van der Waals surface area contributed by atoms with Crippen LogP contribution in [0.2, 0.25) is 0 Å². The fourth-order valence-electron chi connectivity index (χ4n) is 3.20. The molecule has 0 amide bonds. The molecule has 0 atom stereocenters. The van der Waals surface area contributed by atoms with Crippen LogP contribution >= 0.6 is 0 Å². The van der Waals surface area contributed by atoms with E-state index in [1.54, 1.807) is 0 Å². The summed E-state index contributed by atoms with van der Waals surface area (Å²) in [6.07, 6.45) is 21.7. The summed E-state index contributed by atoms with van der Waals surface area (Å²) >= 11 is 0. The normalized spacial score (nSPS) is 12.0. The molecule has 27 heavy (non-hydrogen) atoms. The summed E-state index contributed by atoms with van der Waals surface area (Å²) in [5, 5.41) is 0. The van der Waals surface area contributed by atoms with Crippen molar-refractivity contribution >= 4 is 5.97 Å². The van der Waals surface area contributed by atoms with Gasteiger partial charge in [0, 0.05) is 12.1 Å². The second-order valence-corrected chi connectivity index (χ2v) is 8.21. The van der Waals surface area contributed by atoms with E-state index in [0.29, 0.717) is 6.61 Å². The maximum absolute atomic E-state index is 11.8. The molecule has 0 saturated carbocycles. The van der Waals surface area contributed by atoms with E-state index in [-0.39, 0.29) is 5.97 Å². The quantitative estimate of drug-likeness (QED) is 0.138. The predicted molar refractivity (Wildman–Crippen MR) is 118 cm³/mol. The molecule has 0 radical (unpaired) electrons. The van der Waals surface area contributed by atoms with E-state index < -0.39 is 0 Å². The molecule has 0 N–H and O–H groups in total. The molecule has 0 aliphatic carbocycles. The highest BCUT2D eigenvalue weighted by molar-refractivity contribution is 5.87. The number of hydrogen-bond acceptors (Lipinski definition) is 3. The molecule has 0 heterocycles. The molecular formula is C24H47NO2. The predicted octanol–water partition coefficient (Wildman–Crippen LogP) is 6.91. The van der Waals surface area contributed by atoms with Gasteiger partial charge < -0.3 is 9.64 Å². The van der Waals surface area contributed by atoms with Gasteiger partial charge in [0.05, 0.1) is 6.61 Å². The van der Waals surface area contributed by atoms with Crippen molar-refractivity contribution < 1.29 is 9.53 Å². The van der Waals surface area contributed by atoms with E-state index in [2.05, 4.69) is 11.8 Å². The first-order chi connectivity index (χ1) is 13.1. The van der Waals surface area contributed by atoms with Crippen LogP contribution in [-0.4, -0.2) is 38.1 Å². The lowest BCUT2D eigenvalue weighted by Crippen LogP contribution is -2.13. The third-order valence-corrected chi connectivity index (χ3v) is 5.08. The molecule has 0 aliphatic rings. The largest absolute Gasteiger partial charge is 0.462 e. The lowest BCUT2D eigenvalue weighted by Gasteiger charge is -2.08. The van der Waals surface area contributed by atoms with Crippen LogP contribution in [0.5, 0.6) is 0 Å². The van der Waals surface area contributed by atoms with Gasteiger partial charge in [-0.2, -0.15) is 0 Å². The Morgan fingerprint density at radius 2 is 1.22 bits per heavy atom. The molecule has 0 unspecified atom stereocenters. The van der Waals surface area contributed by atoms with Gasteiger partial charge in [0.2, 0.25) is 0 Å². The minimum atomic E-state index is -0.150. The molecule has 160 valence electrons. The van der Waals surface area contributed by atoms with Crippen molar-refractivity contribution in [1.82, 2.24) is 4.90 Å². The lowest BCUT2D eigenvalue weighted by atomic mass is 10.0. The van der Waals surface area contributed by atoms with Crippen molar-refractivity contribution in [2.45, 2.75) is 110 Å². The third kappa shape index (κ3) is 19.7. The van der Waals surface area contributed by atoms with Gasteiger partial charge in [-0.3, -0.25) is 0 Å². The molecule has 0 rings (SSSR count). The number of ether oxygens (including phenoxy) is 1. The van der Waals surface area contributed by atoms with Crippen LogP contribution in [0.25, 0.3) is 0 Å². The number of carbonyl (C=O) groups is 1. The molecule has 0 aliphatic heterocycles. The molecule has 0 fully saturated rings. The summed E-state index contributed by atoms with van der Waals surface area (Å²) in [6, 6.07) is 0. The smallest absolute Gasteiger partial charge is 0.333 e. The van der Waals surface area contributed by atoms with Crippen molar-refractivity contribution in [1.29, 1.82) is 0 Å². The van der Waals surface area contributed by atoms with Gasteiger partial charge in [-0.15, -0.1) is 0 Å². The maximum atomic E-state index is 11.8. The SMILES string of the molecule is CCCCCCCCCCCCCCCCOC(=O)C(C)=CCCN(C)C. The Labute approximate surface area is 169 Å². The standard InChI is InChI=1S/C24H47NO2/c1-5-6-7-8-9-10-11-12-13-14-15-16-17-18-22-27-24(26)23(2)20-19-21-25(3)4/h20H,5-19,21-22H2,1-4H3. The van der Waals surface area contributed by atoms with Gasteiger partial charge in [-0.1, -0.05) is 96.5 Å². The van der Waals surface area contributed by atoms with Crippen LogP contribution < -0.4 is 0 Å². The van der Waals surface area contributed by atoms with Gasteiger partial charge in [0.1, 0.15) is 0 Å². The van der Waals surface area contributed by atoms with E-state index in [0.717, 1.165) is 25.0 Å². The third-order valence-electron chi connectivity index (χ3n) is 5.08. The van der Waals surface area contributed by atoms with Gasteiger partial charge in [-0.25, -0.2) is 4.79 Å². The summed E-state index contributed by atoms with van der Waals surface area (Å²) in [6.45, 7) is 5.65. The summed E-state index contributed by atoms with van der Waals surface area (Å²) in [7, 11) is 4.08. The van der Waals surface area contributed by atoms with Crippen molar-refractivity contribution in [3.8, 4) is 0 Å². The minimum Gasteiger partial charge on any atom is -0.462 e. The zero-order valence-corrected chi connectivity index (χ0v) is 18.9. The van der Waals surface area contributed by atoms with Crippen LogP contribution in [0.3, 0.4) is 0 Å². The number of carbonyl (C=O) groups excluding carboxylic acids is 1. The van der Waals surface area contributed by atoms with Crippen LogP contribution in [0.1, 0.15) is 110 Å². The monoisotopic (exact) mass is 381 g/mol. The second-order valence-electron chi connectivity index (χ2n) is 8.21. The van der Waals surface area contributed by atoms with E-state index in [4.69, 9.17) is 4.74 Å². The Bertz CT molecular complexity index is 363. The van der Waals surface area contributed by atoms with E-state index in [1.165, 1.54) is 83.5 Å². The highest BCUT2D eigenvalue weighted by Crippen LogP contribution is 2.13. The Kier molecular flexibility index (Phi) is 19.3. The number of esters is 1. The van der Waals surface area contributed by atoms with E-state index in [1.807, 2.05) is 27.1 Å². The average molecular weight is 382 g/mol. The van der Waals surface area contributed by atoms with Crippen LogP contribution in [0.15, 0.2) is 11.6 Å². The average Bonchev–Trinajstić information content (AvgIpc) is 2.64. The van der Waals surface area contributed by atoms with Crippen molar-refractivity contribution in [3.63, 3.8) is 0 Å². The number of unbranched alkanes of at least 4 members (excludes halogenated alkanes) is 13. The van der Waals surface area contributed by atoms with E-state index >= 15 is 0 Å². The van der Waals surface area contributed by atoms with Gasteiger partial charge in [0.15, 0.2) is 0 Å². The second kappa shape index (κ2) is 19.9. The van der Waals surface area contributed by atoms with E-state index in [9.17, 15) is 4.79 Å². The first-order valence-electron chi connectivity index (χ1n) is 11.6. The summed E-state index contributed by atoms with van der Waals surface area (Å²) in [4.78, 5) is 14.0. The maximum Gasteiger partial charge on any atom is 0.333 e. The molecule has 0 aromatic heterocycles. The Morgan fingerprint density at radius 1 is 0.778 bits per heavy atom. The molecule has 0 saturated heterocycles. The van der Waals surface area contributed by atoms with Crippen LogP contribution in [0.4, 0.5) is 0 Å². The highest BCUT2D eigenvalue weighted by atomic mass is 16.5. The topological polar surface area (TPSA) is 29.5 Å². The van der Waals surface area contributed by atoms with Crippen LogP contribution in [-0.2, 0) is 9.53 Å². The van der Waals surface area contributed by atoms with Gasteiger partial charge in [-0.05, 0) is 33.9 Å². The molecule has 0 spiro atoms. The molecule has 0 bridgehead atoms. The first kappa shape index (κ1) is 26.2. The van der Waals surface area contributed by atoms with Crippen LogP contribution in [0, 0.1) is 0 Å². The summed E-state index contributed by atoms with van der Waals surface area (Å²) < 4.78 is 5.35. The van der Waals surface area contributed by atoms with Crippen molar-refractivity contribution in [2.24, 2.45) is 0 Å². The zero-order chi connectivity index (χ0) is 20.2. The van der Waals surface area contributed by atoms with Crippen molar-refractivity contribution in [3.05, 3.63) is 11.6 Å².